The van der Waals surface area contributed by atoms with Crippen LogP contribution in [0.5, 0.6) is 0 Å². The summed E-state index contributed by atoms with van der Waals surface area (Å²) in [5.74, 6) is 0.772. The van der Waals surface area contributed by atoms with Gasteiger partial charge in [0.1, 0.15) is 0 Å². The van der Waals surface area contributed by atoms with Crippen molar-refractivity contribution in [2.75, 3.05) is 19.0 Å². The van der Waals surface area contributed by atoms with E-state index in [2.05, 4.69) is 34.6 Å². The van der Waals surface area contributed by atoms with Crippen molar-refractivity contribution >= 4 is 5.69 Å². The lowest BCUT2D eigenvalue weighted by Gasteiger charge is -2.18. The third-order valence-electron chi connectivity index (χ3n) is 3.56. The summed E-state index contributed by atoms with van der Waals surface area (Å²) in [4.78, 5) is 4.06. The van der Waals surface area contributed by atoms with E-state index in [-0.39, 0.29) is 0 Å². The summed E-state index contributed by atoms with van der Waals surface area (Å²) in [5.41, 5.74) is 2.27. The summed E-state index contributed by atoms with van der Waals surface area (Å²) in [5, 5.41) is 3.56. The van der Waals surface area contributed by atoms with Crippen molar-refractivity contribution in [2.24, 2.45) is 5.92 Å². The molecule has 0 amide bonds. The molecule has 4 heteroatoms. The first-order valence-electron chi connectivity index (χ1n) is 6.70. The van der Waals surface area contributed by atoms with Crippen LogP contribution in [0.15, 0.2) is 43.0 Å². The van der Waals surface area contributed by atoms with Crippen molar-refractivity contribution in [3.63, 3.8) is 0 Å². The first-order valence-corrected chi connectivity index (χ1v) is 6.70. The highest BCUT2D eigenvalue weighted by molar-refractivity contribution is 5.49. The predicted molar refractivity (Wildman–Crippen MR) is 75.6 cm³/mol. The molecule has 3 rings (SSSR count). The second-order valence-electron chi connectivity index (χ2n) is 5.06. The Balaban J connectivity index is 1.68. The highest BCUT2D eigenvalue weighted by Crippen LogP contribution is 2.34. The highest BCUT2D eigenvalue weighted by Gasteiger charge is 2.30. The summed E-state index contributed by atoms with van der Waals surface area (Å²) in [6, 6.07) is 8.85. The minimum absolute atomic E-state index is 0.434. The number of rotatable bonds is 6. The monoisotopic (exact) mass is 257 g/mol. The van der Waals surface area contributed by atoms with E-state index < -0.39 is 0 Å². The molecule has 19 heavy (non-hydrogen) atoms. The zero-order chi connectivity index (χ0) is 13.1. The fourth-order valence-electron chi connectivity index (χ4n) is 2.33. The van der Waals surface area contributed by atoms with Gasteiger partial charge in [0.25, 0.3) is 0 Å². The second kappa shape index (κ2) is 5.45. The molecule has 1 atom stereocenters. The number of ether oxygens (including phenoxy) is 1. The number of imidazole rings is 1. The Morgan fingerprint density at radius 2 is 2.16 bits per heavy atom. The molecule has 1 aliphatic carbocycles. The molecule has 0 spiro atoms. The predicted octanol–water partition coefficient (Wildman–Crippen LogP) is 2.71. The summed E-state index contributed by atoms with van der Waals surface area (Å²) in [6.07, 6.45) is 8.16. The summed E-state index contributed by atoms with van der Waals surface area (Å²) in [7, 11) is 1.76. The number of benzene rings is 1. The van der Waals surface area contributed by atoms with Crippen LogP contribution in [-0.4, -0.2) is 29.3 Å². The highest BCUT2D eigenvalue weighted by atomic mass is 16.5. The zero-order valence-corrected chi connectivity index (χ0v) is 11.1. The second-order valence-corrected chi connectivity index (χ2v) is 5.06. The first kappa shape index (κ1) is 12.2. The van der Waals surface area contributed by atoms with Gasteiger partial charge in [-0.25, -0.2) is 4.98 Å². The largest absolute Gasteiger partial charge is 0.383 e. The van der Waals surface area contributed by atoms with Gasteiger partial charge in [-0.05, 0) is 43.0 Å². The Morgan fingerprint density at radius 1 is 1.37 bits per heavy atom. The van der Waals surface area contributed by atoms with E-state index in [9.17, 15) is 0 Å². The summed E-state index contributed by atoms with van der Waals surface area (Å²) < 4.78 is 7.28. The van der Waals surface area contributed by atoms with E-state index in [1.54, 1.807) is 19.6 Å². The number of nitrogens with one attached hydrogen (secondary N) is 1. The van der Waals surface area contributed by atoms with Crippen molar-refractivity contribution in [3.8, 4) is 5.69 Å². The van der Waals surface area contributed by atoms with Gasteiger partial charge >= 0.3 is 0 Å². The number of hydrogen-bond donors (Lipinski definition) is 1. The SMILES string of the molecule is COCC(Nc1ccc(-n2ccnc2)cc1)C1CC1. The maximum absolute atomic E-state index is 5.29. The molecule has 2 aromatic rings. The third-order valence-corrected chi connectivity index (χ3v) is 3.56. The minimum Gasteiger partial charge on any atom is -0.383 e. The Morgan fingerprint density at radius 3 is 2.74 bits per heavy atom. The fraction of sp³-hybridized carbons (Fsp3) is 0.400. The first-order chi connectivity index (χ1) is 9.36. The van der Waals surface area contributed by atoms with Crippen LogP contribution in [-0.2, 0) is 4.74 Å². The van der Waals surface area contributed by atoms with Gasteiger partial charge in [-0.3, -0.25) is 0 Å². The van der Waals surface area contributed by atoms with E-state index in [4.69, 9.17) is 4.74 Å². The number of methoxy groups -OCH3 is 1. The van der Waals surface area contributed by atoms with Gasteiger partial charge in [0, 0.05) is 30.9 Å². The molecule has 0 aliphatic heterocycles. The minimum atomic E-state index is 0.434. The molecule has 1 unspecified atom stereocenters. The molecule has 1 aliphatic rings. The third kappa shape index (κ3) is 2.96. The van der Waals surface area contributed by atoms with Gasteiger partial charge < -0.3 is 14.6 Å². The van der Waals surface area contributed by atoms with Crippen molar-refractivity contribution in [1.29, 1.82) is 0 Å². The molecule has 1 fully saturated rings. The van der Waals surface area contributed by atoms with Crippen molar-refractivity contribution in [2.45, 2.75) is 18.9 Å². The Labute approximate surface area is 113 Å². The van der Waals surface area contributed by atoms with E-state index in [1.165, 1.54) is 12.8 Å². The van der Waals surface area contributed by atoms with Crippen molar-refractivity contribution in [3.05, 3.63) is 43.0 Å². The van der Waals surface area contributed by atoms with Crippen LogP contribution in [0.1, 0.15) is 12.8 Å². The Bertz CT molecular complexity index is 503. The van der Waals surface area contributed by atoms with Crippen LogP contribution in [0, 0.1) is 5.92 Å². The van der Waals surface area contributed by atoms with Gasteiger partial charge in [0.05, 0.1) is 19.0 Å². The fourth-order valence-corrected chi connectivity index (χ4v) is 2.33. The molecular formula is C15H19N3O. The molecular weight excluding hydrogens is 238 g/mol. The van der Waals surface area contributed by atoms with E-state index >= 15 is 0 Å². The maximum Gasteiger partial charge on any atom is 0.0991 e. The van der Waals surface area contributed by atoms with Crippen LogP contribution >= 0.6 is 0 Å². The number of aromatic nitrogens is 2. The van der Waals surface area contributed by atoms with Gasteiger partial charge in [-0.2, -0.15) is 0 Å². The molecule has 0 radical (unpaired) electrons. The van der Waals surface area contributed by atoms with Gasteiger partial charge in [0.15, 0.2) is 0 Å². The number of hydrogen-bond acceptors (Lipinski definition) is 3. The van der Waals surface area contributed by atoms with Crippen LogP contribution in [0.3, 0.4) is 0 Å². The summed E-state index contributed by atoms with van der Waals surface area (Å²) in [6.45, 7) is 0.772. The summed E-state index contributed by atoms with van der Waals surface area (Å²) >= 11 is 0. The zero-order valence-electron chi connectivity index (χ0n) is 11.1. The topological polar surface area (TPSA) is 39.1 Å². The lowest BCUT2D eigenvalue weighted by Crippen LogP contribution is -2.27. The van der Waals surface area contributed by atoms with Crippen molar-refractivity contribution < 1.29 is 4.74 Å². The van der Waals surface area contributed by atoms with Crippen LogP contribution < -0.4 is 5.32 Å². The van der Waals surface area contributed by atoms with Gasteiger partial charge in [-0.15, -0.1) is 0 Å². The molecule has 1 aromatic heterocycles. The Kier molecular flexibility index (Phi) is 3.51. The molecule has 1 aromatic carbocycles. The molecule has 1 N–H and O–H groups in total. The molecule has 0 bridgehead atoms. The number of nitrogens with zero attached hydrogens (tertiary/aromatic N) is 2. The molecule has 1 heterocycles. The maximum atomic E-state index is 5.29. The lowest BCUT2D eigenvalue weighted by atomic mass is 10.2. The smallest absolute Gasteiger partial charge is 0.0991 e. The molecule has 1 saturated carbocycles. The van der Waals surface area contributed by atoms with Gasteiger partial charge in [0.2, 0.25) is 0 Å². The normalized spacial score (nSPS) is 16.3. The molecule has 100 valence electrons. The number of anilines is 1. The van der Waals surface area contributed by atoms with E-state index in [0.717, 1.165) is 23.9 Å². The Hall–Kier alpha value is -1.81. The van der Waals surface area contributed by atoms with Crippen molar-refractivity contribution in [1.82, 2.24) is 9.55 Å². The molecule has 0 saturated heterocycles. The quantitative estimate of drug-likeness (QED) is 0.864. The van der Waals surface area contributed by atoms with Gasteiger partial charge in [-0.1, -0.05) is 0 Å². The van der Waals surface area contributed by atoms with E-state index in [0.29, 0.717) is 6.04 Å². The standard InChI is InChI=1S/C15H19N3O/c1-19-10-15(12-2-3-12)17-13-4-6-14(7-5-13)18-9-8-16-11-18/h4-9,11-12,15,17H,2-3,10H2,1H3. The lowest BCUT2D eigenvalue weighted by molar-refractivity contribution is 0.179. The average molecular weight is 257 g/mol. The average Bonchev–Trinajstić information content (AvgIpc) is 3.14. The van der Waals surface area contributed by atoms with Crippen LogP contribution in [0.25, 0.3) is 5.69 Å². The molecule has 4 nitrogen and oxygen atoms in total. The van der Waals surface area contributed by atoms with E-state index in [1.807, 2.05) is 10.8 Å². The van der Waals surface area contributed by atoms with Crippen LogP contribution in [0.4, 0.5) is 5.69 Å². The van der Waals surface area contributed by atoms with Crippen LogP contribution in [0.2, 0.25) is 0 Å².